The maximum Gasteiger partial charge on any atom is 0.328 e. The standard InChI is InChI=1S/C33H49N7O8/c1-24-23-39(32(42)35-10-14-46-16-18-48-20-19-47-17-15-45-13-9-34)11-12-40(24)27-22-29-28(37(2)33(43)38(29)3)21-26(27)36-31(41)25-7-5-6-8-30(25)44-4/h5-8,21-22,24H,9-20,23,34H2,1-4H3,(H,35,42)(H,36,41)/t24-/m1/s1. The smallest absolute Gasteiger partial charge is 0.328 e. The van der Waals surface area contributed by atoms with Gasteiger partial charge < -0.3 is 49.9 Å². The number of hydrogen-bond acceptors (Lipinski definition) is 10. The zero-order chi connectivity index (χ0) is 34.5. The molecule has 1 aromatic heterocycles. The molecule has 48 heavy (non-hydrogen) atoms. The summed E-state index contributed by atoms with van der Waals surface area (Å²) in [6, 6.07) is 10.5. The highest BCUT2D eigenvalue weighted by molar-refractivity contribution is 6.09. The van der Waals surface area contributed by atoms with Crippen molar-refractivity contribution in [1.82, 2.24) is 19.4 Å². The third-order valence-corrected chi connectivity index (χ3v) is 8.11. The van der Waals surface area contributed by atoms with Gasteiger partial charge in [-0.2, -0.15) is 0 Å². The number of carbonyl (C=O) groups is 2. The van der Waals surface area contributed by atoms with Crippen molar-refractivity contribution in [2.75, 3.05) is 103 Å². The highest BCUT2D eigenvalue weighted by atomic mass is 16.6. The molecule has 1 fully saturated rings. The summed E-state index contributed by atoms with van der Waals surface area (Å²) in [5.74, 6) is 0.126. The number of nitrogens with two attached hydrogens (primary N) is 1. The zero-order valence-corrected chi connectivity index (χ0v) is 28.4. The Morgan fingerprint density at radius 2 is 1.48 bits per heavy atom. The minimum absolute atomic E-state index is 0.0829. The number of rotatable bonds is 18. The lowest BCUT2D eigenvalue weighted by Gasteiger charge is -2.42. The Kier molecular flexibility index (Phi) is 14.1. The fourth-order valence-corrected chi connectivity index (χ4v) is 5.58. The molecule has 15 nitrogen and oxygen atoms in total. The van der Waals surface area contributed by atoms with E-state index in [0.717, 1.165) is 11.2 Å². The summed E-state index contributed by atoms with van der Waals surface area (Å²) in [6.07, 6.45) is 0. The maximum absolute atomic E-state index is 13.4. The van der Waals surface area contributed by atoms with E-state index in [2.05, 4.69) is 15.5 Å². The van der Waals surface area contributed by atoms with E-state index in [1.807, 2.05) is 19.1 Å². The number of imidazole rings is 1. The molecule has 0 spiro atoms. The lowest BCUT2D eigenvalue weighted by molar-refractivity contribution is -0.000541. The summed E-state index contributed by atoms with van der Waals surface area (Å²) in [5, 5.41) is 5.98. The molecule has 2 aromatic carbocycles. The van der Waals surface area contributed by atoms with E-state index in [1.165, 1.54) is 7.11 Å². The number of aromatic nitrogens is 2. The normalized spacial score (nSPS) is 14.8. The number of aryl methyl sites for hydroxylation is 2. The van der Waals surface area contributed by atoms with Crippen LogP contribution in [0.1, 0.15) is 17.3 Å². The molecule has 15 heteroatoms. The van der Waals surface area contributed by atoms with E-state index < -0.39 is 0 Å². The highest BCUT2D eigenvalue weighted by Gasteiger charge is 2.29. The average molecular weight is 672 g/mol. The molecule has 0 aliphatic carbocycles. The van der Waals surface area contributed by atoms with Crippen molar-refractivity contribution in [3.63, 3.8) is 0 Å². The van der Waals surface area contributed by atoms with Gasteiger partial charge in [-0.05, 0) is 31.2 Å². The minimum atomic E-state index is -0.331. The zero-order valence-electron chi connectivity index (χ0n) is 28.4. The van der Waals surface area contributed by atoms with Gasteiger partial charge in [-0.1, -0.05) is 12.1 Å². The fourth-order valence-electron chi connectivity index (χ4n) is 5.58. The molecule has 0 bridgehead atoms. The van der Waals surface area contributed by atoms with Gasteiger partial charge in [-0.3, -0.25) is 13.9 Å². The molecule has 3 amide bonds. The molecule has 4 N–H and O–H groups in total. The molecule has 1 saturated heterocycles. The number of amides is 3. The number of ether oxygens (including phenoxy) is 5. The first kappa shape index (κ1) is 36.7. The van der Waals surface area contributed by atoms with E-state index >= 15 is 0 Å². The molecule has 4 rings (SSSR count). The Hall–Kier alpha value is -4.15. The maximum atomic E-state index is 13.4. The Morgan fingerprint density at radius 1 is 0.875 bits per heavy atom. The van der Waals surface area contributed by atoms with Crippen LogP contribution in [0.3, 0.4) is 0 Å². The number of piperazine rings is 1. The number of benzene rings is 2. The monoisotopic (exact) mass is 671 g/mol. The number of anilines is 2. The molecule has 1 aliphatic rings. The van der Waals surface area contributed by atoms with Crippen LogP contribution in [0.25, 0.3) is 11.0 Å². The number of methoxy groups -OCH3 is 1. The second-order valence-corrected chi connectivity index (χ2v) is 11.4. The molecule has 0 unspecified atom stereocenters. The molecule has 0 saturated carbocycles. The van der Waals surface area contributed by atoms with Gasteiger partial charge in [0.25, 0.3) is 5.91 Å². The predicted octanol–water partition coefficient (Wildman–Crippen LogP) is 1.38. The number of nitrogens with one attached hydrogen (secondary N) is 2. The summed E-state index contributed by atoms with van der Waals surface area (Å²) < 4.78 is 30.2. The first-order valence-corrected chi connectivity index (χ1v) is 16.2. The van der Waals surface area contributed by atoms with Crippen LogP contribution in [-0.2, 0) is 33.0 Å². The quantitative estimate of drug-likeness (QED) is 0.168. The van der Waals surface area contributed by atoms with Crippen LogP contribution in [0.4, 0.5) is 16.2 Å². The molecular formula is C33H49N7O8. The number of fused-ring (bicyclic) bond motifs is 1. The number of carbonyl (C=O) groups excluding carboxylic acids is 2. The summed E-state index contributed by atoms with van der Waals surface area (Å²) in [7, 11) is 4.95. The summed E-state index contributed by atoms with van der Waals surface area (Å²) >= 11 is 0. The lowest BCUT2D eigenvalue weighted by Crippen LogP contribution is -2.56. The van der Waals surface area contributed by atoms with Crippen LogP contribution in [0.2, 0.25) is 0 Å². The van der Waals surface area contributed by atoms with Gasteiger partial charge in [0, 0.05) is 52.9 Å². The number of hydrogen-bond donors (Lipinski definition) is 3. The van der Waals surface area contributed by atoms with E-state index in [4.69, 9.17) is 29.4 Å². The van der Waals surface area contributed by atoms with E-state index in [-0.39, 0.29) is 23.7 Å². The van der Waals surface area contributed by atoms with Crippen molar-refractivity contribution >= 4 is 34.3 Å². The van der Waals surface area contributed by atoms with Gasteiger partial charge >= 0.3 is 11.7 Å². The Morgan fingerprint density at radius 3 is 2.10 bits per heavy atom. The second-order valence-electron chi connectivity index (χ2n) is 11.4. The lowest BCUT2D eigenvalue weighted by atomic mass is 10.1. The number of urea groups is 1. The highest BCUT2D eigenvalue weighted by Crippen LogP contribution is 2.34. The van der Waals surface area contributed by atoms with E-state index in [0.29, 0.717) is 108 Å². The van der Waals surface area contributed by atoms with Crippen LogP contribution in [0.15, 0.2) is 41.2 Å². The Balaban J connectivity index is 1.29. The van der Waals surface area contributed by atoms with E-state index in [9.17, 15) is 14.4 Å². The van der Waals surface area contributed by atoms with Gasteiger partial charge in [0.2, 0.25) is 0 Å². The number of nitrogens with zero attached hydrogens (tertiary/aromatic N) is 4. The molecule has 0 radical (unpaired) electrons. The Bertz CT molecular complexity index is 1560. The van der Waals surface area contributed by atoms with Gasteiger partial charge in [0.05, 0.1) is 87.9 Å². The van der Waals surface area contributed by atoms with E-state index in [1.54, 1.807) is 52.4 Å². The Labute approximate surface area is 280 Å². The molecule has 264 valence electrons. The first-order chi connectivity index (χ1) is 23.3. The van der Waals surface area contributed by atoms with Gasteiger partial charge in [0.15, 0.2) is 0 Å². The first-order valence-electron chi connectivity index (χ1n) is 16.2. The average Bonchev–Trinajstić information content (AvgIpc) is 3.30. The molecule has 1 atom stereocenters. The number of para-hydroxylation sites is 1. The van der Waals surface area contributed by atoms with Crippen molar-refractivity contribution in [2.24, 2.45) is 19.8 Å². The minimum Gasteiger partial charge on any atom is -0.496 e. The molecule has 1 aliphatic heterocycles. The molecule has 3 aromatic rings. The van der Waals surface area contributed by atoms with Crippen LogP contribution in [-0.4, -0.2) is 125 Å². The van der Waals surface area contributed by atoms with Crippen molar-refractivity contribution in [3.05, 3.63) is 52.4 Å². The predicted molar refractivity (Wildman–Crippen MR) is 183 cm³/mol. The molecule has 2 heterocycles. The van der Waals surface area contributed by atoms with Crippen molar-refractivity contribution < 1.29 is 33.3 Å². The second kappa shape index (κ2) is 18.4. The van der Waals surface area contributed by atoms with Crippen molar-refractivity contribution in [2.45, 2.75) is 13.0 Å². The van der Waals surface area contributed by atoms with Crippen molar-refractivity contribution in [1.29, 1.82) is 0 Å². The summed E-state index contributed by atoms with van der Waals surface area (Å²) in [4.78, 5) is 43.1. The van der Waals surface area contributed by atoms with Crippen LogP contribution in [0.5, 0.6) is 5.75 Å². The van der Waals surface area contributed by atoms with Crippen LogP contribution in [0, 0.1) is 0 Å². The fraction of sp³-hybridized carbons (Fsp3) is 0.545. The third kappa shape index (κ3) is 9.48. The van der Waals surface area contributed by atoms with Crippen LogP contribution >= 0.6 is 0 Å². The van der Waals surface area contributed by atoms with Crippen LogP contribution < -0.4 is 31.7 Å². The SMILES string of the molecule is COc1ccccc1C(=O)Nc1cc2c(cc1N1CCN(C(=O)NCCOCCOCCOCCOCCN)C[C@H]1C)n(C)c(=O)n2C. The summed E-state index contributed by atoms with van der Waals surface area (Å²) in [5.41, 5.74) is 8.34. The van der Waals surface area contributed by atoms with Gasteiger partial charge in [-0.15, -0.1) is 0 Å². The largest absolute Gasteiger partial charge is 0.496 e. The summed E-state index contributed by atoms with van der Waals surface area (Å²) in [6.45, 7) is 8.07. The third-order valence-electron chi connectivity index (χ3n) is 8.11. The van der Waals surface area contributed by atoms with Gasteiger partial charge in [0.1, 0.15) is 5.75 Å². The topological polar surface area (TPSA) is 164 Å². The van der Waals surface area contributed by atoms with Crippen molar-refractivity contribution in [3.8, 4) is 5.75 Å². The van der Waals surface area contributed by atoms with Gasteiger partial charge in [-0.25, -0.2) is 9.59 Å². The molecular weight excluding hydrogens is 622 g/mol.